The first-order valence-corrected chi connectivity index (χ1v) is 6.56. The van der Waals surface area contributed by atoms with E-state index in [0.29, 0.717) is 0 Å². The molecule has 1 aromatic carbocycles. The third kappa shape index (κ3) is 1.53. The van der Waals surface area contributed by atoms with Gasteiger partial charge in [0.1, 0.15) is 5.65 Å². The lowest BCUT2D eigenvalue weighted by Crippen LogP contribution is -1.86. The molecular weight excluding hydrogens is 232 g/mol. The van der Waals surface area contributed by atoms with Gasteiger partial charge in [0.25, 0.3) is 0 Å². The Labute approximate surface area is 111 Å². The largest absolute Gasteiger partial charge is 0.346 e. The van der Waals surface area contributed by atoms with Crippen molar-refractivity contribution in [3.8, 4) is 11.1 Å². The van der Waals surface area contributed by atoms with E-state index in [9.17, 15) is 0 Å². The number of hydrogen-bond donors (Lipinski definition) is 1. The molecule has 0 atom stereocenters. The van der Waals surface area contributed by atoms with Crippen LogP contribution in [0.4, 0.5) is 0 Å². The number of nitrogens with one attached hydrogen (secondary N) is 1. The summed E-state index contributed by atoms with van der Waals surface area (Å²) >= 11 is 0. The van der Waals surface area contributed by atoms with Gasteiger partial charge in [-0.15, -0.1) is 0 Å². The number of fused-ring (bicyclic) bond motifs is 2. The van der Waals surface area contributed by atoms with E-state index in [0.717, 1.165) is 18.5 Å². The first-order valence-electron chi connectivity index (χ1n) is 6.56. The van der Waals surface area contributed by atoms with Crippen molar-refractivity contribution in [3.05, 3.63) is 60.4 Å². The number of pyridine rings is 1. The maximum absolute atomic E-state index is 4.34. The maximum atomic E-state index is 4.34. The zero-order valence-electron chi connectivity index (χ0n) is 10.6. The summed E-state index contributed by atoms with van der Waals surface area (Å²) in [7, 11) is 0. The van der Waals surface area contributed by atoms with Crippen LogP contribution in [0.2, 0.25) is 0 Å². The number of hydrogen-bond acceptors (Lipinski definition) is 1. The Morgan fingerprint density at radius 1 is 1.05 bits per heavy atom. The third-order valence-electron chi connectivity index (χ3n) is 3.96. The summed E-state index contributed by atoms with van der Waals surface area (Å²) in [4.78, 5) is 7.50. The van der Waals surface area contributed by atoms with Crippen LogP contribution in [-0.2, 0) is 6.42 Å². The first kappa shape index (κ1) is 10.6. The highest BCUT2D eigenvalue weighted by atomic mass is 14.8. The second-order valence-electron chi connectivity index (χ2n) is 5.07. The van der Waals surface area contributed by atoms with E-state index in [4.69, 9.17) is 0 Å². The number of aromatic amines is 1. The van der Waals surface area contributed by atoms with Gasteiger partial charge < -0.3 is 4.98 Å². The Kier molecular flexibility index (Phi) is 2.12. The van der Waals surface area contributed by atoms with E-state index in [1.165, 1.54) is 33.2 Å². The van der Waals surface area contributed by atoms with Gasteiger partial charge in [-0.25, -0.2) is 4.98 Å². The maximum Gasteiger partial charge on any atom is 0.137 e. The highest BCUT2D eigenvalue weighted by Gasteiger charge is 2.15. The van der Waals surface area contributed by atoms with Gasteiger partial charge in [0.2, 0.25) is 0 Å². The SMILES string of the molecule is C=C1CCc2ccc(-c3ccnc4[nH]ccc34)cc21. The molecule has 0 bridgehead atoms. The van der Waals surface area contributed by atoms with E-state index in [1.807, 2.05) is 12.4 Å². The van der Waals surface area contributed by atoms with Gasteiger partial charge in [-0.05, 0) is 58.9 Å². The molecule has 2 nitrogen and oxygen atoms in total. The van der Waals surface area contributed by atoms with Crippen LogP contribution in [0.25, 0.3) is 27.7 Å². The molecule has 0 saturated carbocycles. The van der Waals surface area contributed by atoms with E-state index in [2.05, 4.69) is 46.9 Å². The highest BCUT2D eigenvalue weighted by molar-refractivity contribution is 5.93. The minimum absolute atomic E-state index is 0.942. The lowest BCUT2D eigenvalue weighted by molar-refractivity contribution is 1.08. The van der Waals surface area contributed by atoms with Crippen LogP contribution < -0.4 is 0 Å². The number of benzene rings is 1. The number of H-pyrrole nitrogens is 1. The summed E-state index contributed by atoms with van der Waals surface area (Å²) in [6.07, 6.45) is 6.02. The zero-order chi connectivity index (χ0) is 12.8. The average Bonchev–Trinajstić information content (AvgIpc) is 3.05. The Hall–Kier alpha value is -2.35. The Bertz CT molecular complexity index is 796. The summed E-state index contributed by atoms with van der Waals surface area (Å²) in [5.41, 5.74) is 7.43. The van der Waals surface area contributed by atoms with Gasteiger partial charge >= 0.3 is 0 Å². The quantitative estimate of drug-likeness (QED) is 0.685. The van der Waals surface area contributed by atoms with Crippen molar-refractivity contribution in [1.29, 1.82) is 0 Å². The van der Waals surface area contributed by atoms with Gasteiger partial charge in [0.05, 0.1) is 0 Å². The molecule has 0 aliphatic heterocycles. The number of aromatic nitrogens is 2. The van der Waals surface area contributed by atoms with Crippen molar-refractivity contribution in [2.45, 2.75) is 12.8 Å². The molecule has 19 heavy (non-hydrogen) atoms. The number of allylic oxidation sites excluding steroid dienone is 1. The molecule has 2 heteroatoms. The fourth-order valence-corrected chi connectivity index (χ4v) is 2.92. The predicted molar refractivity (Wildman–Crippen MR) is 78.9 cm³/mol. The molecule has 0 fully saturated rings. The lowest BCUT2D eigenvalue weighted by Gasteiger charge is -2.07. The van der Waals surface area contributed by atoms with E-state index < -0.39 is 0 Å². The molecule has 2 aromatic heterocycles. The number of rotatable bonds is 1. The smallest absolute Gasteiger partial charge is 0.137 e. The monoisotopic (exact) mass is 246 g/mol. The van der Waals surface area contributed by atoms with Gasteiger partial charge in [-0.2, -0.15) is 0 Å². The molecule has 1 N–H and O–H groups in total. The second-order valence-corrected chi connectivity index (χ2v) is 5.07. The molecule has 0 unspecified atom stereocenters. The van der Waals surface area contributed by atoms with E-state index >= 15 is 0 Å². The van der Waals surface area contributed by atoms with Gasteiger partial charge in [-0.3, -0.25) is 0 Å². The van der Waals surface area contributed by atoms with Crippen LogP contribution in [0.3, 0.4) is 0 Å². The predicted octanol–water partition coefficient (Wildman–Crippen LogP) is 4.19. The van der Waals surface area contributed by atoms with Crippen LogP contribution in [0.1, 0.15) is 17.5 Å². The van der Waals surface area contributed by atoms with Gasteiger partial charge in [0, 0.05) is 17.8 Å². The van der Waals surface area contributed by atoms with Crippen LogP contribution in [0, 0.1) is 0 Å². The molecule has 92 valence electrons. The molecule has 0 saturated heterocycles. The fourth-order valence-electron chi connectivity index (χ4n) is 2.92. The molecule has 0 radical (unpaired) electrons. The lowest BCUT2D eigenvalue weighted by atomic mass is 9.98. The zero-order valence-corrected chi connectivity index (χ0v) is 10.6. The Balaban J connectivity index is 1.96. The van der Waals surface area contributed by atoms with Crippen molar-refractivity contribution >= 4 is 16.6 Å². The molecule has 0 amide bonds. The summed E-state index contributed by atoms with van der Waals surface area (Å²) in [5.74, 6) is 0. The van der Waals surface area contributed by atoms with Gasteiger partial charge in [0.15, 0.2) is 0 Å². The molecule has 4 rings (SSSR count). The van der Waals surface area contributed by atoms with E-state index in [-0.39, 0.29) is 0 Å². The van der Waals surface area contributed by atoms with Crippen molar-refractivity contribution < 1.29 is 0 Å². The number of aryl methyl sites for hydroxylation is 1. The molecular formula is C17H14N2. The molecule has 3 aromatic rings. The van der Waals surface area contributed by atoms with Crippen molar-refractivity contribution in [2.24, 2.45) is 0 Å². The van der Waals surface area contributed by atoms with Crippen LogP contribution in [0.5, 0.6) is 0 Å². The summed E-state index contributed by atoms with van der Waals surface area (Å²) in [6.45, 7) is 4.16. The van der Waals surface area contributed by atoms with Crippen molar-refractivity contribution in [2.75, 3.05) is 0 Å². The Morgan fingerprint density at radius 2 is 2.00 bits per heavy atom. The second kappa shape index (κ2) is 3.82. The molecule has 1 aliphatic rings. The van der Waals surface area contributed by atoms with Gasteiger partial charge in [-0.1, -0.05) is 18.7 Å². The topological polar surface area (TPSA) is 28.7 Å². The highest BCUT2D eigenvalue weighted by Crippen LogP contribution is 2.35. The minimum Gasteiger partial charge on any atom is -0.346 e. The molecule has 1 aliphatic carbocycles. The summed E-state index contributed by atoms with van der Waals surface area (Å²) in [6, 6.07) is 10.9. The average molecular weight is 246 g/mol. The summed E-state index contributed by atoms with van der Waals surface area (Å²) in [5, 5.41) is 1.17. The Morgan fingerprint density at radius 3 is 2.95 bits per heavy atom. The standard InChI is InChI=1S/C17H14N2/c1-11-2-3-12-4-5-13(10-16(11)12)14-6-8-18-17-15(14)7-9-19-17/h4-10H,1-3H2,(H,18,19). The normalized spacial score (nSPS) is 14.0. The summed E-state index contributed by atoms with van der Waals surface area (Å²) < 4.78 is 0. The minimum atomic E-state index is 0.942. The van der Waals surface area contributed by atoms with E-state index in [1.54, 1.807) is 0 Å². The number of nitrogens with zero attached hydrogens (tertiary/aromatic N) is 1. The van der Waals surface area contributed by atoms with Crippen molar-refractivity contribution in [3.63, 3.8) is 0 Å². The third-order valence-corrected chi connectivity index (χ3v) is 3.96. The van der Waals surface area contributed by atoms with Crippen LogP contribution in [-0.4, -0.2) is 9.97 Å². The molecule has 0 spiro atoms. The van der Waals surface area contributed by atoms with Crippen molar-refractivity contribution in [1.82, 2.24) is 9.97 Å². The van der Waals surface area contributed by atoms with Crippen LogP contribution in [0.15, 0.2) is 49.3 Å². The fraction of sp³-hybridized carbons (Fsp3) is 0.118. The molecule has 2 heterocycles. The first-order chi connectivity index (χ1) is 9.33. The van der Waals surface area contributed by atoms with Crippen LogP contribution >= 0.6 is 0 Å².